The van der Waals surface area contributed by atoms with Gasteiger partial charge in [-0.25, -0.2) is 4.39 Å². The number of benzene rings is 2. The van der Waals surface area contributed by atoms with Gasteiger partial charge in [-0.05, 0) is 41.8 Å². The first-order chi connectivity index (χ1) is 15.0. The largest absolute Gasteiger partial charge is 0.493 e. The van der Waals surface area contributed by atoms with Crippen LogP contribution in [0.2, 0.25) is 0 Å². The predicted octanol–water partition coefficient (Wildman–Crippen LogP) is 2.99. The van der Waals surface area contributed by atoms with Crippen molar-refractivity contribution in [1.82, 2.24) is 20.4 Å². The molecule has 3 heterocycles. The smallest absolute Gasteiger partial charge is 0.272 e. The van der Waals surface area contributed by atoms with Gasteiger partial charge in [-0.1, -0.05) is 18.2 Å². The Bertz CT molecular complexity index is 1200. The van der Waals surface area contributed by atoms with Crippen molar-refractivity contribution in [2.24, 2.45) is 0 Å². The van der Waals surface area contributed by atoms with Crippen LogP contribution in [0.4, 0.5) is 4.39 Å². The summed E-state index contributed by atoms with van der Waals surface area (Å²) in [5.41, 5.74) is 3.65. The Labute approximate surface area is 178 Å². The normalized spacial score (nSPS) is 17.2. The lowest BCUT2D eigenvalue weighted by molar-refractivity contribution is 0.0910. The van der Waals surface area contributed by atoms with E-state index in [1.165, 1.54) is 12.1 Å². The number of carbonyl (C=O) groups excluding carboxylic acids is 2. The Morgan fingerprint density at radius 3 is 3.00 bits per heavy atom. The molecule has 0 spiro atoms. The number of carbonyl (C=O) groups is 2. The summed E-state index contributed by atoms with van der Waals surface area (Å²) in [5.74, 6) is -0.147. The standard InChI is InChI=1S/C23H21FN4O3/c1-13-15(3-2-4-17(13)24)14-5-6-21-16(11-14)18(7-10-31-21)26-22(29)19-12-20-23(30)25-8-9-28(20)27-19/h2-6,11-12,18H,7-10H2,1H3,(H,25,30)(H,26,29). The highest BCUT2D eigenvalue weighted by molar-refractivity contribution is 5.98. The lowest BCUT2D eigenvalue weighted by Crippen LogP contribution is -2.35. The molecule has 158 valence electrons. The molecule has 0 fully saturated rings. The Kier molecular flexibility index (Phi) is 4.69. The predicted molar refractivity (Wildman–Crippen MR) is 111 cm³/mol. The lowest BCUT2D eigenvalue weighted by atomic mass is 9.93. The molecule has 2 aliphatic heterocycles. The topological polar surface area (TPSA) is 85.3 Å². The van der Waals surface area contributed by atoms with E-state index in [4.69, 9.17) is 4.74 Å². The monoisotopic (exact) mass is 420 g/mol. The minimum absolute atomic E-state index is 0.206. The molecule has 0 radical (unpaired) electrons. The molecule has 3 aromatic rings. The molecule has 2 N–H and O–H groups in total. The molecule has 2 amide bonds. The fourth-order valence-corrected chi connectivity index (χ4v) is 4.11. The molecular formula is C23H21FN4O3. The van der Waals surface area contributed by atoms with Crippen LogP contribution in [0.1, 0.15) is 44.6 Å². The second-order valence-electron chi connectivity index (χ2n) is 7.72. The number of nitrogens with one attached hydrogen (secondary N) is 2. The van der Waals surface area contributed by atoms with E-state index in [0.29, 0.717) is 43.1 Å². The number of fused-ring (bicyclic) bond motifs is 2. The molecule has 5 rings (SSSR count). The van der Waals surface area contributed by atoms with Gasteiger partial charge in [0.25, 0.3) is 11.8 Å². The molecule has 1 aromatic heterocycles. The average molecular weight is 420 g/mol. The third-order valence-corrected chi connectivity index (χ3v) is 5.79. The number of nitrogens with zero attached hydrogens (tertiary/aromatic N) is 2. The third-order valence-electron chi connectivity index (χ3n) is 5.79. The molecule has 1 atom stereocenters. The van der Waals surface area contributed by atoms with Crippen molar-refractivity contribution in [3.8, 4) is 16.9 Å². The number of hydrogen-bond acceptors (Lipinski definition) is 4. The lowest BCUT2D eigenvalue weighted by Gasteiger charge is -2.27. The highest BCUT2D eigenvalue weighted by atomic mass is 19.1. The zero-order valence-corrected chi connectivity index (χ0v) is 16.9. The molecular weight excluding hydrogens is 399 g/mol. The van der Waals surface area contributed by atoms with E-state index in [2.05, 4.69) is 15.7 Å². The highest BCUT2D eigenvalue weighted by Gasteiger charge is 2.27. The summed E-state index contributed by atoms with van der Waals surface area (Å²) in [6, 6.07) is 11.9. The quantitative estimate of drug-likeness (QED) is 0.682. The van der Waals surface area contributed by atoms with Crippen molar-refractivity contribution in [3.05, 3.63) is 70.8 Å². The third kappa shape index (κ3) is 3.43. The van der Waals surface area contributed by atoms with Crippen molar-refractivity contribution in [1.29, 1.82) is 0 Å². The maximum atomic E-state index is 14.0. The SMILES string of the molecule is Cc1c(F)cccc1-c1ccc2c(c1)C(NC(=O)c1cc3n(n1)CCNC3=O)CCO2. The maximum Gasteiger partial charge on any atom is 0.272 e. The number of ether oxygens (including phenoxy) is 1. The fourth-order valence-electron chi connectivity index (χ4n) is 4.11. The van der Waals surface area contributed by atoms with Crippen LogP contribution in [-0.2, 0) is 6.54 Å². The van der Waals surface area contributed by atoms with Crippen LogP contribution in [0, 0.1) is 12.7 Å². The van der Waals surface area contributed by atoms with Crippen LogP contribution >= 0.6 is 0 Å². The molecule has 2 aromatic carbocycles. The van der Waals surface area contributed by atoms with E-state index in [0.717, 1.165) is 16.7 Å². The Hall–Kier alpha value is -3.68. The van der Waals surface area contributed by atoms with Gasteiger partial charge in [0.15, 0.2) is 5.69 Å². The van der Waals surface area contributed by atoms with Gasteiger partial charge < -0.3 is 15.4 Å². The van der Waals surface area contributed by atoms with Crippen LogP contribution in [0.25, 0.3) is 11.1 Å². The van der Waals surface area contributed by atoms with Gasteiger partial charge in [0.05, 0.1) is 19.2 Å². The van der Waals surface area contributed by atoms with Crippen molar-refractivity contribution in [3.63, 3.8) is 0 Å². The molecule has 0 aliphatic carbocycles. The summed E-state index contributed by atoms with van der Waals surface area (Å²) >= 11 is 0. The van der Waals surface area contributed by atoms with Crippen molar-refractivity contribution >= 4 is 11.8 Å². The van der Waals surface area contributed by atoms with Crippen molar-refractivity contribution in [2.75, 3.05) is 13.2 Å². The number of aromatic nitrogens is 2. The summed E-state index contributed by atoms with van der Waals surface area (Å²) < 4.78 is 21.4. The maximum absolute atomic E-state index is 14.0. The summed E-state index contributed by atoms with van der Waals surface area (Å²) in [6.45, 7) is 3.24. The van der Waals surface area contributed by atoms with E-state index in [9.17, 15) is 14.0 Å². The molecule has 0 saturated carbocycles. The van der Waals surface area contributed by atoms with Crippen LogP contribution in [0.5, 0.6) is 5.75 Å². The van der Waals surface area contributed by atoms with Crippen LogP contribution < -0.4 is 15.4 Å². The average Bonchev–Trinajstić information content (AvgIpc) is 3.22. The van der Waals surface area contributed by atoms with Crippen molar-refractivity contribution in [2.45, 2.75) is 25.9 Å². The zero-order chi connectivity index (χ0) is 21.5. The first-order valence-corrected chi connectivity index (χ1v) is 10.2. The van der Waals surface area contributed by atoms with Gasteiger partial charge in [0, 0.05) is 24.6 Å². The van der Waals surface area contributed by atoms with E-state index in [-0.39, 0.29) is 29.4 Å². The fraction of sp³-hybridized carbons (Fsp3) is 0.261. The van der Waals surface area contributed by atoms with Gasteiger partial charge in [-0.15, -0.1) is 0 Å². The second kappa shape index (κ2) is 7.54. The van der Waals surface area contributed by atoms with E-state index < -0.39 is 0 Å². The van der Waals surface area contributed by atoms with E-state index in [1.54, 1.807) is 17.7 Å². The van der Waals surface area contributed by atoms with Crippen molar-refractivity contribution < 1.29 is 18.7 Å². The Balaban J connectivity index is 1.44. The number of rotatable bonds is 3. The molecule has 0 bridgehead atoms. The summed E-state index contributed by atoms with van der Waals surface area (Å²) in [6.07, 6.45) is 0.596. The first-order valence-electron chi connectivity index (χ1n) is 10.2. The van der Waals surface area contributed by atoms with Crippen LogP contribution in [0.3, 0.4) is 0 Å². The number of amides is 2. The first kappa shape index (κ1) is 19.3. The molecule has 8 heteroatoms. The van der Waals surface area contributed by atoms with Gasteiger partial charge in [0.2, 0.25) is 0 Å². The summed E-state index contributed by atoms with van der Waals surface area (Å²) in [7, 11) is 0. The summed E-state index contributed by atoms with van der Waals surface area (Å²) in [4.78, 5) is 24.8. The minimum Gasteiger partial charge on any atom is -0.493 e. The summed E-state index contributed by atoms with van der Waals surface area (Å²) in [5, 5.41) is 10.0. The molecule has 31 heavy (non-hydrogen) atoms. The molecule has 7 nitrogen and oxygen atoms in total. The van der Waals surface area contributed by atoms with Gasteiger partial charge in [-0.2, -0.15) is 5.10 Å². The molecule has 2 aliphatic rings. The molecule has 1 unspecified atom stereocenters. The number of hydrogen-bond donors (Lipinski definition) is 2. The molecule has 0 saturated heterocycles. The van der Waals surface area contributed by atoms with Crippen LogP contribution in [-0.4, -0.2) is 34.7 Å². The van der Waals surface area contributed by atoms with Gasteiger partial charge >= 0.3 is 0 Å². The Morgan fingerprint density at radius 2 is 2.16 bits per heavy atom. The van der Waals surface area contributed by atoms with E-state index in [1.807, 2.05) is 24.3 Å². The Morgan fingerprint density at radius 1 is 1.29 bits per heavy atom. The van der Waals surface area contributed by atoms with Gasteiger partial charge in [0.1, 0.15) is 17.3 Å². The highest BCUT2D eigenvalue weighted by Crippen LogP contribution is 2.36. The number of halogens is 1. The minimum atomic E-state index is -0.347. The van der Waals surface area contributed by atoms with E-state index >= 15 is 0 Å². The second-order valence-corrected chi connectivity index (χ2v) is 7.72. The van der Waals surface area contributed by atoms with Gasteiger partial charge in [-0.3, -0.25) is 14.3 Å². The van der Waals surface area contributed by atoms with Crippen LogP contribution in [0.15, 0.2) is 42.5 Å². The zero-order valence-electron chi connectivity index (χ0n) is 16.9.